The molecule has 0 unspecified atom stereocenters. The zero-order valence-electron chi connectivity index (χ0n) is 13.3. The molecule has 0 aliphatic carbocycles. The minimum Gasteiger partial charge on any atom is -0.497 e. The van der Waals surface area contributed by atoms with Gasteiger partial charge in [0, 0.05) is 6.61 Å². The Balaban J connectivity index is 1.64. The van der Waals surface area contributed by atoms with E-state index in [4.69, 9.17) is 9.84 Å². The molecule has 0 aromatic heterocycles. The summed E-state index contributed by atoms with van der Waals surface area (Å²) in [5.74, 6) is 1.82. The number of hydrogen-bond donors (Lipinski definition) is 1. The molecule has 1 N–H and O–H groups in total. The Hall–Kier alpha value is -1.06. The first-order valence-electron chi connectivity index (χ1n) is 8.28. The van der Waals surface area contributed by atoms with Crippen molar-refractivity contribution >= 4 is 0 Å². The highest BCUT2D eigenvalue weighted by atomic mass is 16.5. The Labute approximate surface area is 128 Å². The SMILES string of the molecule is COc1ccc(CCC2CCN(CCCCO)CC2)cc1. The molecule has 1 aliphatic rings. The fourth-order valence-electron chi connectivity index (χ4n) is 3.11. The van der Waals surface area contributed by atoms with Crippen LogP contribution >= 0.6 is 0 Å². The lowest BCUT2D eigenvalue weighted by molar-refractivity contribution is 0.171. The number of benzene rings is 1. The monoisotopic (exact) mass is 291 g/mol. The summed E-state index contributed by atoms with van der Waals surface area (Å²) < 4.78 is 5.19. The van der Waals surface area contributed by atoms with E-state index in [1.165, 1.54) is 44.3 Å². The number of ether oxygens (including phenoxy) is 1. The van der Waals surface area contributed by atoms with E-state index in [0.29, 0.717) is 6.61 Å². The van der Waals surface area contributed by atoms with Gasteiger partial charge in [0.15, 0.2) is 0 Å². The number of likely N-dealkylation sites (tertiary alicyclic amines) is 1. The molecule has 0 amide bonds. The Kier molecular flexibility index (Phi) is 7.04. The van der Waals surface area contributed by atoms with Crippen LogP contribution in [0.5, 0.6) is 5.75 Å². The molecule has 1 aliphatic heterocycles. The van der Waals surface area contributed by atoms with E-state index in [-0.39, 0.29) is 0 Å². The summed E-state index contributed by atoms with van der Waals surface area (Å²) >= 11 is 0. The van der Waals surface area contributed by atoms with Gasteiger partial charge in [-0.25, -0.2) is 0 Å². The summed E-state index contributed by atoms with van der Waals surface area (Å²) in [6, 6.07) is 8.48. The lowest BCUT2D eigenvalue weighted by Gasteiger charge is -2.32. The number of nitrogens with zero attached hydrogens (tertiary/aromatic N) is 1. The largest absolute Gasteiger partial charge is 0.497 e. The van der Waals surface area contributed by atoms with Crippen LogP contribution in [-0.4, -0.2) is 43.4 Å². The average molecular weight is 291 g/mol. The van der Waals surface area contributed by atoms with Crippen molar-refractivity contribution in [2.45, 2.75) is 38.5 Å². The van der Waals surface area contributed by atoms with Gasteiger partial charge in [0.2, 0.25) is 0 Å². The molecule has 3 nitrogen and oxygen atoms in total. The summed E-state index contributed by atoms with van der Waals surface area (Å²) in [5.41, 5.74) is 1.42. The van der Waals surface area contributed by atoms with E-state index in [9.17, 15) is 0 Å². The van der Waals surface area contributed by atoms with Gasteiger partial charge in [-0.15, -0.1) is 0 Å². The molecule has 1 heterocycles. The van der Waals surface area contributed by atoms with Crippen LogP contribution in [-0.2, 0) is 6.42 Å². The lowest BCUT2D eigenvalue weighted by Crippen LogP contribution is -2.34. The number of unbranched alkanes of at least 4 members (excludes halogenated alkanes) is 1. The van der Waals surface area contributed by atoms with Crippen molar-refractivity contribution in [3.63, 3.8) is 0 Å². The molecular formula is C18H29NO2. The van der Waals surface area contributed by atoms with Crippen LogP contribution in [0, 0.1) is 5.92 Å². The predicted octanol–water partition coefficient (Wildman–Crippen LogP) is 3.11. The summed E-state index contributed by atoms with van der Waals surface area (Å²) in [6.07, 6.45) is 7.21. The molecule has 3 heteroatoms. The van der Waals surface area contributed by atoms with Crippen molar-refractivity contribution in [3.05, 3.63) is 29.8 Å². The third kappa shape index (κ3) is 5.68. The first-order valence-corrected chi connectivity index (χ1v) is 8.28. The molecule has 0 radical (unpaired) electrons. The Morgan fingerprint density at radius 2 is 1.86 bits per heavy atom. The van der Waals surface area contributed by atoms with E-state index in [2.05, 4.69) is 29.2 Å². The highest BCUT2D eigenvalue weighted by molar-refractivity contribution is 5.27. The quantitative estimate of drug-likeness (QED) is 0.747. The third-order valence-corrected chi connectivity index (χ3v) is 4.59. The van der Waals surface area contributed by atoms with Gasteiger partial charge in [-0.05, 0) is 81.8 Å². The minimum absolute atomic E-state index is 0.332. The second kappa shape index (κ2) is 9.06. The second-order valence-corrected chi connectivity index (χ2v) is 6.10. The Bertz CT molecular complexity index is 383. The first-order chi connectivity index (χ1) is 10.3. The average Bonchev–Trinajstić information content (AvgIpc) is 2.55. The van der Waals surface area contributed by atoms with Crippen molar-refractivity contribution < 1.29 is 9.84 Å². The number of aliphatic hydroxyl groups is 1. The van der Waals surface area contributed by atoms with Gasteiger partial charge in [0.05, 0.1) is 7.11 Å². The number of piperidine rings is 1. The molecule has 21 heavy (non-hydrogen) atoms. The zero-order valence-corrected chi connectivity index (χ0v) is 13.3. The zero-order chi connectivity index (χ0) is 14.9. The van der Waals surface area contributed by atoms with Crippen molar-refractivity contribution in [3.8, 4) is 5.75 Å². The molecule has 118 valence electrons. The van der Waals surface area contributed by atoms with Crippen LogP contribution < -0.4 is 4.74 Å². The maximum absolute atomic E-state index is 8.82. The molecule has 0 spiro atoms. The van der Waals surface area contributed by atoms with Crippen molar-refractivity contribution in [1.82, 2.24) is 4.90 Å². The number of methoxy groups -OCH3 is 1. The van der Waals surface area contributed by atoms with Crippen molar-refractivity contribution in [2.75, 3.05) is 33.4 Å². The van der Waals surface area contributed by atoms with E-state index >= 15 is 0 Å². The first kappa shape index (κ1) is 16.3. The number of hydrogen-bond acceptors (Lipinski definition) is 3. The molecule has 1 fully saturated rings. The molecule has 0 saturated carbocycles. The fraction of sp³-hybridized carbons (Fsp3) is 0.667. The standard InChI is InChI=1S/C18H29NO2/c1-21-18-8-6-16(7-9-18)4-5-17-10-13-19(14-11-17)12-2-3-15-20/h6-9,17,20H,2-5,10-15H2,1H3. The molecule has 0 bridgehead atoms. The molecule has 1 aromatic rings. The van der Waals surface area contributed by atoms with E-state index in [0.717, 1.165) is 31.1 Å². The smallest absolute Gasteiger partial charge is 0.118 e. The van der Waals surface area contributed by atoms with E-state index < -0.39 is 0 Å². The van der Waals surface area contributed by atoms with Crippen LogP contribution in [0.15, 0.2) is 24.3 Å². The highest BCUT2D eigenvalue weighted by Gasteiger charge is 2.18. The number of rotatable bonds is 8. The molecular weight excluding hydrogens is 262 g/mol. The summed E-state index contributed by atoms with van der Waals surface area (Å²) in [6.45, 7) is 3.96. The molecule has 2 rings (SSSR count). The normalized spacial score (nSPS) is 17.0. The lowest BCUT2D eigenvalue weighted by atomic mass is 9.90. The molecule has 0 atom stereocenters. The third-order valence-electron chi connectivity index (χ3n) is 4.59. The Morgan fingerprint density at radius 3 is 2.48 bits per heavy atom. The van der Waals surface area contributed by atoms with Crippen molar-refractivity contribution in [2.24, 2.45) is 5.92 Å². The van der Waals surface area contributed by atoms with Gasteiger partial charge < -0.3 is 14.7 Å². The highest BCUT2D eigenvalue weighted by Crippen LogP contribution is 2.23. The summed E-state index contributed by atoms with van der Waals surface area (Å²) in [5, 5.41) is 8.82. The number of aliphatic hydroxyl groups excluding tert-OH is 1. The second-order valence-electron chi connectivity index (χ2n) is 6.10. The van der Waals surface area contributed by atoms with Crippen molar-refractivity contribution in [1.29, 1.82) is 0 Å². The summed E-state index contributed by atoms with van der Waals surface area (Å²) in [4.78, 5) is 2.56. The fourth-order valence-corrected chi connectivity index (χ4v) is 3.11. The van der Waals surface area contributed by atoms with E-state index in [1.807, 2.05) is 0 Å². The minimum atomic E-state index is 0.332. The van der Waals surface area contributed by atoms with Crippen LogP contribution in [0.1, 0.15) is 37.7 Å². The molecule has 1 saturated heterocycles. The Morgan fingerprint density at radius 1 is 1.14 bits per heavy atom. The van der Waals surface area contributed by atoms with Crippen LogP contribution in [0.4, 0.5) is 0 Å². The van der Waals surface area contributed by atoms with Gasteiger partial charge in [0.1, 0.15) is 5.75 Å². The van der Waals surface area contributed by atoms with Gasteiger partial charge in [0.25, 0.3) is 0 Å². The van der Waals surface area contributed by atoms with Crippen LogP contribution in [0.25, 0.3) is 0 Å². The van der Waals surface area contributed by atoms with E-state index in [1.54, 1.807) is 7.11 Å². The number of aryl methyl sites for hydroxylation is 1. The van der Waals surface area contributed by atoms with Crippen LogP contribution in [0.3, 0.4) is 0 Å². The van der Waals surface area contributed by atoms with Gasteiger partial charge in [-0.1, -0.05) is 12.1 Å². The van der Waals surface area contributed by atoms with Gasteiger partial charge >= 0.3 is 0 Å². The maximum Gasteiger partial charge on any atom is 0.118 e. The molecule has 1 aromatic carbocycles. The maximum atomic E-state index is 8.82. The summed E-state index contributed by atoms with van der Waals surface area (Å²) in [7, 11) is 1.71. The topological polar surface area (TPSA) is 32.7 Å². The van der Waals surface area contributed by atoms with Crippen LogP contribution in [0.2, 0.25) is 0 Å². The van der Waals surface area contributed by atoms with Gasteiger partial charge in [-0.3, -0.25) is 0 Å². The van der Waals surface area contributed by atoms with Gasteiger partial charge in [-0.2, -0.15) is 0 Å². The predicted molar refractivity (Wildman–Crippen MR) is 86.8 cm³/mol.